The first kappa shape index (κ1) is 58.8. The van der Waals surface area contributed by atoms with Crippen molar-refractivity contribution < 1.29 is 47.6 Å². The monoisotopic (exact) mass is 1160 g/mol. The molecule has 18 nitrogen and oxygen atoms in total. The van der Waals surface area contributed by atoms with E-state index >= 15 is 0 Å². The Morgan fingerprint density at radius 2 is 1.05 bits per heavy atom. The fourth-order valence-corrected chi connectivity index (χ4v) is 9.16. The Balaban J connectivity index is 0.000000184. The normalized spacial score (nSPS) is 17.3. The van der Waals surface area contributed by atoms with Crippen molar-refractivity contribution in [2.75, 3.05) is 89.7 Å². The molecular weight excluding hydrogens is 1100 g/mol. The van der Waals surface area contributed by atoms with E-state index in [4.69, 9.17) is 34.8 Å². The zero-order valence-electron chi connectivity index (χ0n) is 46.1. The van der Waals surface area contributed by atoms with Crippen molar-refractivity contribution in [3.8, 4) is 58.7 Å². The largest absolute Gasteiger partial charge is 0.489 e. The molecule has 4 aromatic carbocycles. The number of anilines is 2. The van der Waals surface area contributed by atoms with Crippen LogP contribution in [0.5, 0.6) is 34.5 Å². The van der Waals surface area contributed by atoms with Crippen molar-refractivity contribution >= 4 is 50.9 Å². The molecule has 81 heavy (non-hydrogen) atoms. The summed E-state index contributed by atoms with van der Waals surface area (Å²) in [5.41, 5.74) is 1.84. The average Bonchev–Trinajstić information content (AvgIpc) is 3.74. The number of carbonyl (C=O) groups is 4. The third-order valence-electron chi connectivity index (χ3n) is 13.6. The first-order valence-corrected chi connectivity index (χ1v) is 27.2. The summed E-state index contributed by atoms with van der Waals surface area (Å²) in [6.45, 7) is 14.9. The number of nitrogens with zero attached hydrogens (tertiary/aromatic N) is 6. The van der Waals surface area contributed by atoms with E-state index in [0.29, 0.717) is 59.1 Å². The minimum atomic E-state index is -0.903. The van der Waals surface area contributed by atoms with Gasteiger partial charge in [0, 0.05) is 74.8 Å². The third-order valence-corrected chi connectivity index (χ3v) is 14.1. The van der Waals surface area contributed by atoms with E-state index in [1.165, 1.54) is 34.3 Å². The van der Waals surface area contributed by atoms with Gasteiger partial charge in [-0.3, -0.25) is 38.9 Å². The van der Waals surface area contributed by atoms with Crippen molar-refractivity contribution in [2.45, 2.75) is 50.9 Å². The lowest BCUT2D eigenvalue weighted by atomic mass is 10.0. The molecule has 19 heteroatoms. The summed E-state index contributed by atoms with van der Waals surface area (Å²) in [5, 5.41) is 5.47. The van der Waals surface area contributed by atoms with Crippen LogP contribution in [0.3, 0.4) is 0 Å². The number of fused-ring (bicyclic) bond motifs is 2. The standard InChI is InChI=1S/C31H32N4O5.C22H18BrN3O4.C9H15NO/c1-31(2,35-15-17-38-18-16-35)13-11-22-9-10-28-27(19-22)34(3)30(37)26(21-39-28)33-29(36)25-20-24(12-14-32-25)40-23-7-5-4-6-8-23;1-26-19-11-14(23)7-8-20(19)29-13-18(22(26)28)25-21(27)17-12-16(9-10-24-17)30-15-5-3-2-4-6-15;1-4-9(2,3)10-5-7-11-8-6-10/h4-10,12,14,19-20,26H,15-18,21H2,1-3H3,(H,33,36);2-12,18H,13H2,1H3,(H,25,27);1H,5-8H2,2-3H3/t26-;18-;/m00./s1. The van der Waals surface area contributed by atoms with Gasteiger partial charge in [0.05, 0.1) is 48.9 Å². The molecule has 2 aromatic heterocycles. The highest BCUT2D eigenvalue weighted by Crippen LogP contribution is 2.34. The summed E-state index contributed by atoms with van der Waals surface area (Å²) in [6, 6.07) is 34.0. The summed E-state index contributed by atoms with van der Waals surface area (Å²) in [7, 11) is 3.31. The second-order valence-electron chi connectivity index (χ2n) is 20.1. The highest BCUT2D eigenvalue weighted by molar-refractivity contribution is 9.10. The van der Waals surface area contributed by atoms with Gasteiger partial charge in [-0.25, -0.2) is 0 Å². The molecule has 0 bridgehead atoms. The number of aromatic nitrogens is 2. The van der Waals surface area contributed by atoms with Crippen molar-refractivity contribution in [2.24, 2.45) is 0 Å². The summed E-state index contributed by atoms with van der Waals surface area (Å²) < 4.78 is 34.8. The van der Waals surface area contributed by atoms with Crippen LogP contribution >= 0.6 is 15.9 Å². The van der Waals surface area contributed by atoms with Gasteiger partial charge in [0.1, 0.15) is 71.2 Å². The second-order valence-corrected chi connectivity index (χ2v) is 21.0. The molecule has 420 valence electrons. The fourth-order valence-electron chi connectivity index (χ4n) is 8.81. The molecule has 4 amide bonds. The number of ether oxygens (including phenoxy) is 6. The molecule has 0 spiro atoms. The van der Waals surface area contributed by atoms with E-state index in [0.717, 1.165) is 49.4 Å². The number of hydrogen-bond acceptors (Lipinski definition) is 14. The molecule has 6 heterocycles. The summed E-state index contributed by atoms with van der Waals surface area (Å²) in [6.07, 6.45) is 8.38. The number of para-hydroxylation sites is 2. The van der Waals surface area contributed by atoms with E-state index in [1.54, 1.807) is 44.4 Å². The molecule has 0 aliphatic carbocycles. The minimum Gasteiger partial charge on any atom is -0.489 e. The number of terminal acetylenes is 1. The molecule has 4 aliphatic heterocycles. The van der Waals surface area contributed by atoms with E-state index in [1.807, 2.05) is 78.9 Å². The number of halogens is 1. The Labute approximate surface area is 481 Å². The van der Waals surface area contributed by atoms with Crippen molar-refractivity contribution in [3.63, 3.8) is 0 Å². The van der Waals surface area contributed by atoms with Gasteiger partial charge in [0.2, 0.25) is 0 Å². The Morgan fingerprint density at radius 1 is 0.605 bits per heavy atom. The zero-order chi connectivity index (χ0) is 57.5. The highest BCUT2D eigenvalue weighted by Gasteiger charge is 2.34. The molecule has 4 aliphatic rings. The number of morpholine rings is 2. The first-order chi connectivity index (χ1) is 39.0. The van der Waals surface area contributed by atoms with Crippen LogP contribution < -0.4 is 39.4 Å². The number of benzene rings is 4. The SMILES string of the molecule is C#CC(C)(C)N1CCOCC1.CN1C(=O)[C@@H](NC(=O)c2cc(Oc3ccccc3)ccn2)COc2ccc(Br)cc21.CN1C(=O)[C@@H](NC(=O)c2cc(Oc3ccccc3)ccn2)COc2ccc(C#CC(C)(C)N3CCOCC3)cc21. The number of nitrogens with one attached hydrogen (secondary N) is 2. The Morgan fingerprint density at radius 3 is 1.52 bits per heavy atom. The molecule has 6 aromatic rings. The van der Waals surface area contributed by atoms with Crippen molar-refractivity contribution in [1.82, 2.24) is 30.4 Å². The van der Waals surface area contributed by atoms with Crippen LogP contribution in [0.15, 0.2) is 138 Å². The number of pyridine rings is 2. The molecule has 0 radical (unpaired) electrons. The van der Waals surface area contributed by atoms with Crippen LogP contribution in [-0.2, 0) is 19.1 Å². The van der Waals surface area contributed by atoms with Crippen LogP contribution in [-0.4, -0.2) is 146 Å². The Kier molecular flexibility index (Phi) is 19.8. The maximum absolute atomic E-state index is 13.3. The van der Waals surface area contributed by atoms with Crippen LogP contribution in [0.2, 0.25) is 0 Å². The summed E-state index contributed by atoms with van der Waals surface area (Å²) in [4.78, 5) is 67.8. The molecule has 2 saturated heterocycles. The fraction of sp³-hybridized carbons (Fsp3) is 0.323. The summed E-state index contributed by atoms with van der Waals surface area (Å²) in [5.74, 6) is 11.2. The van der Waals surface area contributed by atoms with E-state index < -0.39 is 23.9 Å². The molecule has 2 atom stereocenters. The Hall–Kier alpha value is -8.30. The van der Waals surface area contributed by atoms with Gasteiger partial charge in [-0.15, -0.1) is 6.42 Å². The average molecular weight is 1160 g/mol. The van der Waals surface area contributed by atoms with Gasteiger partial charge in [0.25, 0.3) is 23.6 Å². The smallest absolute Gasteiger partial charge is 0.270 e. The lowest BCUT2D eigenvalue weighted by molar-refractivity contribution is -0.121. The van der Waals surface area contributed by atoms with E-state index in [-0.39, 0.29) is 47.5 Å². The predicted molar refractivity (Wildman–Crippen MR) is 311 cm³/mol. The van der Waals surface area contributed by atoms with Gasteiger partial charge in [0.15, 0.2) is 0 Å². The maximum Gasteiger partial charge on any atom is 0.270 e. The molecular formula is C62H65BrN8O10. The minimum absolute atomic E-state index is 0.0167. The number of likely N-dealkylation sites (N-methyl/N-ethyl adjacent to an activating group) is 2. The van der Waals surface area contributed by atoms with Gasteiger partial charge in [-0.2, -0.15) is 0 Å². The third kappa shape index (κ3) is 15.8. The van der Waals surface area contributed by atoms with E-state index in [9.17, 15) is 19.2 Å². The van der Waals surface area contributed by atoms with Gasteiger partial charge < -0.3 is 48.9 Å². The van der Waals surface area contributed by atoms with Crippen molar-refractivity contribution in [3.05, 3.63) is 155 Å². The van der Waals surface area contributed by atoms with Crippen LogP contribution in [0, 0.1) is 24.2 Å². The quantitative estimate of drug-likeness (QED) is 0.126. The second kappa shape index (κ2) is 27.2. The van der Waals surface area contributed by atoms with E-state index in [2.05, 4.69) is 91.8 Å². The molecule has 2 fully saturated rings. The van der Waals surface area contributed by atoms with Crippen molar-refractivity contribution in [1.29, 1.82) is 0 Å². The Bertz CT molecular complexity index is 3280. The highest BCUT2D eigenvalue weighted by atomic mass is 79.9. The molecule has 0 unspecified atom stereocenters. The topological polar surface area (TPSA) is 186 Å². The number of carbonyl (C=O) groups excluding carboxylic acids is 4. The van der Waals surface area contributed by atoms with Crippen LogP contribution in [0.4, 0.5) is 11.4 Å². The van der Waals surface area contributed by atoms with Crippen LogP contribution in [0.25, 0.3) is 0 Å². The molecule has 2 N–H and O–H groups in total. The van der Waals surface area contributed by atoms with Crippen LogP contribution in [0.1, 0.15) is 54.2 Å². The molecule has 10 rings (SSSR count). The van der Waals surface area contributed by atoms with Gasteiger partial charge in [-0.05, 0) is 100 Å². The van der Waals surface area contributed by atoms with Gasteiger partial charge >= 0.3 is 0 Å². The number of amides is 4. The lowest BCUT2D eigenvalue weighted by Crippen LogP contribution is -2.49. The summed E-state index contributed by atoms with van der Waals surface area (Å²) >= 11 is 3.40. The van der Waals surface area contributed by atoms with Gasteiger partial charge in [-0.1, -0.05) is 70.1 Å². The molecule has 0 saturated carbocycles. The maximum atomic E-state index is 13.3. The first-order valence-electron chi connectivity index (χ1n) is 26.4. The number of rotatable bonds is 10. The lowest BCUT2D eigenvalue weighted by Gasteiger charge is -2.37. The predicted octanol–water partition coefficient (Wildman–Crippen LogP) is 8.01. The zero-order valence-corrected chi connectivity index (χ0v) is 47.7. The number of hydrogen-bond donors (Lipinski definition) is 2.